The summed E-state index contributed by atoms with van der Waals surface area (Å²) in [4.78, 5) is 0. The molecule has 9 aromatic carbocycles. The second kappa shape index (κ2) is 8.07. The molecule has 9 rings (SSSR count). The normalized spacial score (nSPS) is 12.2. The molecule has 0 amide bonds. The first-order chi connectivity index (χ1) is 19.8. The van der Waals surface area contributed by atoms with E-state index in [1.165, 1.54) is 92.5 Å². The van der Waals surface area contributed by atoms with Crippen molar-refractivity contribution < 1.29 is 0 Å². The Morgan fingerprint density at radius 1 is 0.350 bits per heavy atom. The highest BCUT2D eigenvalue weighted by Gasteiger charge is 2.27. The Balaban J connectivity index is 1.70. The van der Waals surface area contributed by atoms with Crippen LogP contribution < -0.4 is 0 Å². The topological polar surface area (TPSA) is 0 Å². The molecule has 0 saturated heterocycles. The number of hydrogen-bond acceptors (Lipinski definition) is 0. The van der Waals surface area contributed by atoms with Crippen molar-refractivity contribution in [1.29, 1.82) is 0 Å². The quantitative estimate of drug-likeness (QED) is 0.210. The molecule has 0 heterocycles. The Hall–Kier alpha value is -4.88. The van der Waals surface area contributed by atoms with Gasteiger partial charge in [0.2, 0.25) is 0 Å². The van der Waals surface area contributed by atoms with Crippen molar-refractivity contribution in [3.05, 3.63) is 133 Å². The lowest BCUT2D eigenvalue weighted by Gasteiger charge is -2.15. The maximum atomic E-state index is 2.40. The summed E-state index contributed by atoms with van der Waals surface area (Å²) < 4.78 is 0. The Morgan fingerprint density at radius 3 is 1.32 bits per heavy atom. The van der Waals surface area contributed by atoms with Gasteiger partial charge in [0.25, 0.3) is 0 Å². The fourth-order valence-electron chi connectivity index (χ4n) is 7.56. The number of hydrogen-bond donors (Lipinski definition) is 0. The molecular weight excluding hydrogens is 479 g/mol. The van der Waals surface area contributed by atoms with Gasteiger partial charge in [0, 0.05) is 0 Å². The van der Waals surface area contributed by atoms with E-state index in [0.29, 0.717) is 0 Å². The summed E-state index contributed by atoms with van der Waals surface area (Å²) in [6.45, 7) is 0. The summed E-state index contributed by atoms with van der Waals surface area (Å²) in [6.07, 6.45) is 1.03. The second-order valence-electron chi connectivity index (χ2n) is 11.0. The fourth-order valence-corrected chi connectivity index (χ4v) is 7.56. The van der Waals surface area contributed by atoms with Crippen LogP contribution in [0, 0.1) is 0 Å². The van der Waals surface area contributed by atoms with Crippen LogP contribution in [0.1, 0.15) is 5.56 Å². The summed E-state index contributed by atoms with van der Waals surface area (Å²) in [5.74, 6) is 0. The van der Waals surface area contributed by atoms with Crippen molar-refractivity contribution in [2.45, 2.75) is 6.32 Å². The maximum absolute atomic E-state index is 2.40. The summed E-state index contributed by atoms with van der Waals surface area (Å²) in [5.41, 5.74) is 6.69. The van der Waals surface area contributed by atoms with Crippen molar-refractivity contribution in [3.8, 4) is 22.3 Å². The van der Waals surface area contributed by atoms with Crippen molar-refractivity contribution in [1.82, 2.24) is 0 Å². The van der Waals surface area contributed by atoms with Gasteiger partial charge < -0.3 is 0 Å². The maximum Gasteiger partial charge on any atom is 0.107 e. The van der Waals surface area contributed by atoms with E-state index in [4.69, 9.17) is 0 Å². The number of benzene rings is 7. The molecule has 0 fully saturated rings. The smallest absolute Gasteiger partial charge is 0.0622 e. The molecule has 0 unspecified atom stereocenters. The average molecular weight is 504 g/mol. The lowest BCUT2D eigenvalue weighted by Crippen LogP contribution is -1.87. The van der Waals surface area contributed by atoms with E-state index < -0.39 is 0 Å². The first-order valence-corrected chi connectivity index (χ1v) is 14.3. The Morgan fingerprint density at radius 2 is 0.800 bits per heavy atom. The van der Waals surface area contributed by atoms with Crippen molar-refractivity contribution in [2.75, 3.05) is 0 Å². The largest absolute Gasteiger partial charge is 0.107 e. The van der Waals surface area contributed by atoms with E-state index in [1.807, 2.05) is 0 Å². The van der Waals surface area contributed by atoms with Gasteiger partial charge in [-0.05, 0) is 92.5 Å². The van der Waals surface area contributed by atoms with Crippen LogP contribution in [0.25, 0.3) is 86.9 Å². The molecule has 0 nitrogen and oxygen atoms in total. The third kappa shape index (κ3) is 2.72. The van der Waals surface area contributed by atoms with E-state index in [1.54, 1.807) is 0 Å². The molecule has 9 aromatic rings. The second-order valence-corrected chi connectivity index (χ2v) is 11.0. The Labute approximate surface area is 233 Å². The number of fused-ring (bicyclic) bond motifs is 6. The van der Waals surface area contributed by atoms with Crippen LogP contribution in [-0.2, 0) is 6.32 Å². The SMILES string of the molecule is BCc1ccc2c3c(-c4ccccc4)c4c5cccc6cccc(c4c(-c4ccccc4)c3c3cccc1c32)c65. The lowest BCUT2D eigenvalue weighted by molar-refractivity contribution is 1.46. The van der Waals surface area contributed by atoms with Crippen molar-refractivity contribution in [3.63, 3.8) is 0 Å². The van der Waals surface area contributed by atoms with Crippen LogP contribution in [-0.4, -0.2) is 7.85 Å². The minimum absolute atomic E-state index is 1.03. The number of rotatable bonds is 3. The fraction of sp³-hybridized carbons (Fsp3) is 0.0256. The van der Waals surface area contributed by atoms with Gasteiger partial charge in [0.05, 0.1) is 0 Å². The molecule has 0 aliphatic heterocycles. The molecule has 0 bridgehead atoms. The molecule has 0 radical (unpaired) electrons. The molecule has 40 heavy (non-hydrogen) atoms. The zero-order valence-corrected chi connectivity index (χ0v) is 22.3. The van der Waals surface area contributed by atoms with Gasteiger partial charge in [-0.15, -0.1) is 0 Å². The minimum Gasteiger partial charge on any atom is -0.0622 e. The van der Waals surface area contributed by atoms with E-state index in [0.717, 1.165) is 6.32 Å². The monoisotopic (exact) mass is 504 g/mol. The first-order valence-electron chi connectivity index (χ1n) is 14.3. The standard InChI is InChI=1S/C39H25B/c40-22-26-20-21-31-35-27(26)16-9-19-30(35)38-33(24-10-3-1-4-11-24)36-28-17-7-14-23-15-8-18-29(32(23)28)37(36)34(39(31)38)25-12-5-2-6-13-25/h1-21H,22,40H2. The molecule has 1 heteroatoms. The molecule has 0 atom stereocenters. The first kappa shape index (κ1) is 22.0. The van der Waals surface area contributed by atoms with Gasteiger partial charge in [0.1, 0.15) is 7.85 Å². The molecule has 0 aliphatic rings. The van der Waals surface area contributed by atoms with Gasteiger partial charge in [0.15, 0.2) is 0 Å². The highest BCUT2D eigenvalue weighted by Crippen LogP contribution is 2.55. The van der Waals surface area contributed by atoms with Gasteiger partial charge in [-0.2, -0.15) is 0 Å². The van der Waals surface area contributed by atoms with Crippen LogP contribution in [0.3, 0.4) is 0 Å². The summed E-state index contributed by atoms with van der Waals surface area (Å²) in [6, 6.07) is 47.5. The zero-order valence-electron chi connectivity index (χ0n) is 22.3. The third-order valence-electron chi connectivity index (χ3n) is 9.12. The molecular formula is C39H25B. The van der Waals surface area contributed by atoms with Crippen LogP contribution >= 0.6 is 0 Å². The summed E-state index contributed by atoms with van der Waals surface area (Å²) in [7, 11) is 2.27. The van der Waals surface area contributed by atoms with Crippen LogP contribution in [0.5, 0.6) is 0 Å². The van der Waals surface area contributed by atoms with Gasteiger partial charge >= 0.3 is 0 Å². The Bertz CT molecular complexity index is 2260. The molecule has 0 aromatic heterocycles. The summed E-state index contributed by atoms with van der Waals surface area (Å²) >= 11 is 0. The van der Waals surface area contributed by atoms with E-state index in [2.05, 4.69) is 135 Å². The van der Waals surface area contributed by atoms with Gasteiger partial charge in [-0.1, -0.05) is 134 Å². The predicted octanol–water partition coefficient (Wildman–Crippen LogP) is 9.95. The van der Waals surface area contributed by atoms with Crippen molar-refractivity contribution >= 4 is 72.5 Å². The molecule has 0 aliphatic carbocycles. The molecule has 0 N–H and O–H groups in total. The third-order valence-corrected chi connectivity index (χ3v) is 9.12. The average Bonchev–Trinajstić information content (AvgIpc) is 3.53. The highest BCUT2D eigenvalue weighted by atomic mass is 14.3. The Kier molecular flexibility index (Phi) is 4.44. The van der Waals surface area contributed by atoms with Crippen LogP contribution in [0.15, 0.2) is 127 Å². The van der Waals surface area contributed by atoms with Gasteiger partial charge in [-0.25, -0.2) is 0 Å². The molecule has 0 spiro atoms. The molecule has 184 valence electrons. The highest BCUT2D eigenvalue weighted by molar-refractivity contribution is 6.46. The zero-order chi connectivity index (χ0) is 26.4. The van der Waals surface area contributed by atoms with Crippen LogP contribution in [0.2, 0.25) is 0 Å². The lowest BCUT2D eigenvalue weighted by atomic mass is 9.87. The van der Waals surface area contributed by atoms with Gasteiger partial charge in [-0.3, -0.25) is 0 Å². The van der Waals surface area contributed by atoms with E-state index in [-0.39, 0.29) is 0 Å². The van der Waals surface area contributed by atoms with Crippen molar-refractivity contribution in [2.24, 2.45) is 0 Å². The molecule has 0 saturated carbocycles. The van der Waals surface area contributed by atoms with E-state index in [9.17, 15) is 0 Å². The predicted molar refractivity (Wildman–Crippen MR) is 177 cm³/mol. The minimum atomic E-state index is 1.03. The van der Waals surface area contributed by atoms with Crippen LogP contribution in [0.4, 0.5) is 0 Å². The van der Waals surface area contributed by atoms with E-state index >= 15 is 0 Å². The summed E-state index contributed by atoms with van der Waals surface area (Å²) in [5, 5.41) is 16.4.